The highest BCUT2D eigenvalue weighted by Gasteiger charge is 2.47. The zero-order valence-corrected chi connectivity index (χ0v) is 16.9. The van der Waals surface area contributed by atoms with Crippen LogP contribution in [-0.2, 0) is 23.7 Å². The third-order valence-electron chi connectivity index (χ3n) is 8.59. The van der Waals surface area contributed by atoms with Crippen LogP contribution in [0.2, 0.25) is 0 Å². The van der Waals surface area contributed by atoms with Gasteiger partial charge in [0.2, 0.25) is 0 Å². The largest absolute Gasteiger partial charge is 0.0617 e. The highest BCUT2D eigenvalue weighted by molar-refractivity contribution is 5.84. The van der Waals surface area contributed by atoms with Crippen molar-refractivity contribution < 1.29 is 0 Å². The van der Waals surface area contributed by atoms with Gasteiger partial charge in [-0.15, -0.1) is 0 Å². The minimum atomic E-state index is 0.428. The fourth-order valence-electron chi connectivity index (χ4n) is 7.47. The van der Waals surface area contributed by atoms with E-state index in [-0.39, 0.29) is 0 Å². The van der Waals surface area contributed by atoms with E-state index in [1.165, 1.54) is 82.6 Å². The summed E-state index contributed by atoms with van der Waals surface area (Å²) in [6, 6.07) is 12.5. The lowest BCUT2D eigenvalue weighted by Crippen LogP contribution is -2.40. The first-order valence-corrected chi connectivity index (χ1v) is 11.5. The summed E-state index contributed by atoms with van der Waals surface area (Å²) in [5.74, 6) is 0. The maximum atomic E-state index is 2.59. The molecule has 0 amide bonds. The van der Waals surface area contributed by atoms with Crippen molar-refractivity contribution in [2.75, 3.05) is 0 Å². The van der Waals surface area contributed by atoms with E-state index in [0.29, 0.717) is 10.8 Å². The van der Waals surface area contributed by atoms with Gasteiger partial charge in [-0.2, -0.15) is 0 Å². The van der Waals surface area contributed by atoms with Crippen LogP contribution in [0.5, 0.6) is 0 Å². The Hall–Kier alpha value is -1.56. The molecular weight excluding hydrogens is 324 g/mol. The smallest absolute Gasteiger partial charge is 0.00000810 e. The minimum absolute atomic E-state index is 0.428. The second-order valence-corrected chi connectivity index (χ2v) is 10.2. The third kappa shape index (κ3) is 2.22. The van der Waals surface area contributed by atoms with Crippen LogP contribution in [0.25, 0.3) is 11.1 Å². The zero-order chi connectivity index (χ0) is 18.1. The van der Waals surface area contributed by atoms with Crippen LogP contribution in [0.3, 0.4) is 0 Å². The van der Waals surface area contributed by atoms with Gasteiger partial charge in [-0.25, -0.2) is 0 Å². The van der Waals surface area contributed by atoms with E-state index in [4.69, 9.17) is 0 Å². The molecule has 0 heteroatoms. The van der Waals surface area contributed by atoms with Gasteiger partial charge in [0.05, 0.1) is 0 Å². The van der Waals surface area contributed by atoms with Gasteiger partial charge in [0, 0.05) is 0 Å². The molecule has 0 nitrogen and oxygen atoms in total. The molecule has 2 spiro atoms. The monoisotopic (exact) mass is 356 g/mol. The van der Waals surface area contributed by atoms with Gasteiger partial charge in [-0.3, -0.25) is 0 Å². The molecule has 6 rings (SSSR count). The fourth-order valence-corrected chi connectivity index (χ4v) is 7.47. The lowest BCUT2D eigenvalue weighted by atomic mass is 9.54. The Morgan fingerprint density at radius 3 is 1.93 bits per heavy atom. The minimum Gasteiger partial charge on any atom is -0.0617 e. The summed E-state index contributed by atoms with van der Waals surface area (Å²) < 4.78 is 0. The van der Waals surface area contributed by atoms with Crippen LogP contribution in [0.1, 0.15) is 92.0 Å². The predicted molar refractivity (Wildman–Crippen MR) is 114 cm³/mol. The molecule has 0 bridgehead atoms. The molecule has 0 atom stereocenters. The Labute approximate surface area is 164 Å². The van der Waals surface area contributed by atoms with E-state index < -0.39 is 0 Å². The van der Waals surface area contributed by atoms with E-state index in [0.717, 1.165) is 0 Å². The quantitative estimate of drug-likeness (QED) is 0.469. The van der Waals surface area contributed by atoms with Crippen molar-refractivity contribution in [2.45, 2.75) is 94.8 Å². The van der Waals surface area contributed by atoms with Crippen molar-refractivity contribution in [3.63, 3.8) is 0 Å². The summed E-state index contributed by atoms with van der Waals surface area (Å²) in [7, 11) is 0. The number of fused-ring (bicyclic) bond motifs is 2. The van der Waals surface area contributed by atoms with Crippen molar-refractivity contribution in [3.05, 3.63) is 58.1 Å². The van der Waals surface area contributed by atoms with Gasteiger partial charge in [-0.05, 0) is 89.7 Å². The second-order valence-electron chi connectivity index (χ2n) is 10.2. The van der Waals surface area contributed by atoms with Crippen LogP contribution < -0.4 is 0 Å². The van der Waals surface area contributed by atoms with E-state index in [1.54, 1.807) is 33.4 Å². The van der Waals surface area contributed by atoms with Crippen molar-refractivity contribution in [1.82, 2.24) is 0 Å². The van der Waals surface area contributed by atoms with Crippen molar-refractivity contribution in [3.8, 4) is 11.1 Å². The lowest BCUT2D eigenvalue weighted by Gasteiger charge is -2.50. The van der Waals surface area contributed by atoms with Gasteiger partial charge < -0.3 is 0 Å². The summed E-state index contributed by atoms with van der Waals surface area (Å²) in [6.07, 6.45) is 16.7. The highest BCUT2D eigenvalue weighted by Crippen LogP contribution is 2.58. The molecule has 2 fully saturated rings. The molecule has 0 aliphatic heterocycles. The summed E-state index contributed by atoms with van der Waals surface area (Å²) in [5, 5.41) is 0. The second kappa shape index (κ2) is 5.72. The number of rotatable bonds is 0. The summed E-state index contributed by atoms with van der Waals surface area (Å²) in [6.45, 7) is 2.34. The molecule has 2 saturated carbocycles. The van der Waals surface area contributed by atoms with E-state index in [1.807, 2.05) is 0 Å². The molecule has 0 N–H and O–H groups in total. The first-order chi connectivity index (χ1) is 13.2. The van der Waals surface area contributed by atoms with Gasteiger partial charge in [0.15, 0.2) is 0 Å². The Bertz CT molecular complexity index is 904. The zero-order valence-electron chi connectivity index (χ0n) is 16.9. The molecule has 0 aromatic heterocycles. The van der Waals surface area contributed by atoms with Gasteiger partial charge in [0.25, 0.3) is 0 Å². The lowest BCUT2D eigenvalue weighted by molar-refractivity contribution is 0.275. The molecule has 27 heavy (non-hydrogen) atoms. The molecule has 140 valence electrons. The Morgan fingerprint density at radius 2 is 1.22 bits per heavy atom. The number of hydrogen-bond donors (Lipinski definition) is 0. The Morgan fingerprint density at radius 1 is 0.630 bits per heavy atom. The standard InChI is InChI=1S/C27H32/c1-19-15-21-18-26(11-4-2-5-12-26)22-10-8-9-20-17-27(13-6-3-7-14-27)23(16-19)25(21)24(20)22/h8-10,15-16H,2-7,11-14,17-18H2,1H3. The van der Waals surface area contributed by atoms with Crippen LogP contribution in [0, 0.1) is 6.92 Å². The van der Waals surface area contributed by atoms with Crippen LogP contribution in [-0.4, -0.2) is 0 Å². The highest BCUT2D eigenvalue weighted by atomic mass is 14.5. The average molecular weight is 357 g/mol. The molecule has 2 aromatic rings. The van der Waals surface area contributed by atoms with Gasteiger partial charge >= 0.3 is 0 Å². The molecule has 0 unspecified atom stereocenters. The van der Waals surface area contributed by atoms with E-state index in [2.05, 4.69) is 37.3 Å². The number of hydrogen-bond acceptors (Lipinski definition) is 0. The predicted octanol–water partition coefficient (Wildman–Crippen LogP) is 7.18. The number of benzene rings is 2. The first kappa shape index (κ1) is 16.4. The SMILES string of the molecule is Cc1cc2c3c(c1)C1(CCCCC1)Cc1cccc(c1-3)C1(CCCCC1)C2. The molecule has 0 heterocycles. The molecule has 4 aliphatic rings. The van der Waals surface area contributed by atoms with E-state index >= 15 is 0 Å². The summed E-state index contributed by atoms with van der Waals surface area (Å²) in [5.41, 5.74) is 12.6. The summed E-state index contributed by atoms with van der Waals surface area (Å²) in [4.78, 5) is 0. The Kier molecular flexibility index (Phi) is 3.48. The maximum Gasteiger partial charge on any atom is -0.00000810 e. The van der Waals surface area contributed by atoms with Crippen molar-refractivity contribution >= 4 is 0 Å². The van der Waals surface area contributed by atoms with E-state index in [9.17, 15) is 0 Å². The van der Waals surface area contributed by atoms with Crippen LogP contribution >= 0.6 is 0 Å². The average Bonchev–Trinajstić information content (AvgIpc) is 2.69. The Balaban J connectivity index is 1.64. The van der Waals surface area contributed by atoms with Crippen molar-refractivity contribution in [2.24, 2.45) is 0 Å². The first-order valence-electron chi connectivity index (χ1n) is 11.5. The molecule has 0 saturated heterocycles. The van der Waals surface area contributed by atoms with Gasteiger partial charge in [-0.1, -0.05) is 74.4 Å². The topological polar surface area (TPSA) is 0 Å². The molecule has 0 radical (unpaired) electrons. The molecular formula is C27H32. The summed E-state index contributed by atoms with van der Waals surface area (Å²) >= 11 is 0. The van der Waals surface area contributed by atoms with Crippen LogP contribution in [0.4, 0.5) is 0 Å². The molecule has 4 aliphatic carbocycles. The third-order valence-corrected chi connectivity index (χ3v) is 8.59. The van der Waals surface area contributed by atoms with Crippen molar-refractivity contribution in [1.29, 1.82) is 0 Å². The maximum absolute atomic E-state index is 2.59. The molecule has 2 aromatic carbocycles. The van der Waals surface area contributed by atoms with Gasteiger partial charge in [0.1, 0.15) is 0 Å². The fraction of sp³-hybridized carbons (Fsp3) is 0.556. The normalized spacial score (nSPS) is 24.0. The van der Waals surface area contributed by atoms with Crippen LogP contribution in [0.15, 0.2) is 30.3 Å². The number of aryl methyl sites for hydroxylation is 1.